The van der Waals surface area contributed by atoms with Crippen LogP contribution in [0.5, 0.6) is 0 Å². The molecule has 0 spiro atoms. The second kappa shape index (κ2) is 4.60. The first-order chi connectivity index (χ1) is 4.69. The first kappa shape index (κ1) is 11.6. The molecule has 1 unspecified atom stereocenters. The largest absolute Gasteiger partial charge is 0.392 e. The van der Waals surface area contributed by atoms with Gasteiger partial charge in [0.25, 0.3) is 0 Å². The van der Waals surface area contributed by atoms with E-state index in [4.69, 9.17) is 6.42 Å². The topological polar surface area (TPSA) is 20.2 Å². The minimum absolute atomic E-state index is 0. The van der Waals surface area contributed by atoms with E-state index < -0.39 is 0 Å². The monoisotopic (exact) mass is 227 g/mol. The van der Waals surface area contributed by atoms with Crippen LogP contribution in [0.15, 0.2) is 0 Å². The summed E-state index contributed by atoms with van der Waals surface area (Å²) in [5.41, 5.74) is 0.145. The molecule has 1 aliphatic rings. The first-order valence-electron chi connectivity index (χ1n) is 3.80. The Balaban J connectivity index is 0.000001000. The van der Waals surface area contributed by atoms with Gasteiger partial charge in [0, 0.05) is 39.1 Å². The molecule has 0 aromatic carbocycles. The maximum atomic E-state index is 9.49. The standard InChI is InChI=1S/C9H14O.Y/c1-3-5-8(10)9(2)6-4-7-9;/h1,8,10H,4-7H2,2H3;. The fraction of sp³-hybridized carbons (Fsp3) is 0.778. The molecule has 59 valence electrons. The number of hydrogen-bond donors (Lipinski definition) is 1. The van der Waals surface area contributed by atoms with E-state index in [1.54, 1.807) is 0 Å². The molecule has 0 bridgehead atoms. The van der Waals surface area contributed by atoms with Crippen molar-refractivity contribution in [2.45, 2.75) is 38.7 Å². The van der Waals surface area contributed by atoms with E-state index in [0.29, 0.717) is 6.42 Å². The Morgan fingerprint density at radius 3 is 2.45 bits per heavy atom. The van der Waals surface area contributed by atoms with Crippen LogP contribution in [-0.4, -0.2) is 11.2 Å². The summed E-state index contributed by atoms with van der Waals surface area (Å²) in [6.07, 6.45) is 8.85. The van der Waals surface area contributed by atoms with Gasteiger partial charge in [0.15, 0.2) is 0 Å². The van der Waals surface area contributed by atoms with E-state index in [1.165, 1.54) is 6.42 Å². The summed E-state index contributed by atoms with van der Waals surface area (Å²) in [6.45, 7) is 2.11. The summed E-state index contributed by atoms with van der Waals surface area (Å²) in [5, 5.41) is 9.49. The van der Waals surface area contributed by atoms with E-state index in [-0.39, 0.29) is 44.2 Å². The quantitative estimate of drug-likeness (QED) is 0.710. The Labute approximate surface area is 93.8 Å². The summed E-state index contributed by atoms with van der Waals surface area (Å²) < 4.78 is 0. The molecule has 2 heteroatoms. The molecule has 1 nitrogen and oxygen atoms in total. The second-order valence-corrected chi connectivity index (χ2v) is 3.43. The minimum atomic E-state index is -0.272. The molecule has 0 aromatic rings. The van der Waals surface area contributed by atoms with E-state index >= 15 is 0 Å². The normalized spacial score (nSPS) is 22.3. The van der Waals surface area contributed by atoms with Crippen LogP contribution in [0.3, 0.4) is 0 Å². The van der Waals surface area contributed by atoms with Gasteiger partial charge in [-0.15, -0.1) is 12.3 Å². The minimum Gasteiger partial charge on any atom is -0.392 e. The molecule has 11 heavy (non-hydrogen) atoms. The Kier molecular flexibility index (Phi) is 4.86. The summed E-state index contributed by atoms with van der Waals surface area (Å²) >= 11 is 0. The van der Waals surface area contributed by atoms with Crippen LogP contribution in [0, 0.1) is 17.8 Å². The van der Waals surface area contributed by atoms with Crippen LogP contribution in [0.2, 0.25) is 0 Å². The molecule has 1 N–H and O–H groups in total. The van der Waals surface area contributed by atoms with E-state index in [1.807, 2.05) is 0 Å². The zero-order valence-electron chi connectivity index (χ0n) is 7.01. The van der Waals surface area contributed by atoms with Gasteiger partial charge in [0.05, 0.1) is 6.10 Å². The zero-order valence-corrected chi connectivity index (χ0v) is 9.85. The van der Waals surface area contributed by atoms with E-state index in [2.05, 4.69) is 12.8 Å². The number of aliphatic hydroxyl groups is 1. The van der Waals surface area contributed by atoms with Crippen molar-refractivity contribution in [1.82, 2.24) is 0 Å². The van der Waals surface area contributed by atoms with Crippen molar-refractivity contribution in [3.8, 4) is 12.3 Å². The van der Waals surface area contributed by atoms with Crippen molar-refractivity contribution in [2.24, 2.45) is 5.41 Å². The van der Waals surface area contributed by atoms with Crippen molar-refractivity contribution >= 4 is 0 Å². The smallest absolute Gasteiger partial charge is 0.0702 e. The molecular formula is C9H14OY. The Hall–Kier alpha value is 0.624. The molecular weight excluding hydrogens is 213 g/mol. The van der Waals surface area contributed by atoms with Crippen molar-refractivity contribution in [2.75, 3.05) is 0 Å². The molecule has 1 aliphatic carbocycles. The van der Waals surface area contributed by atoms with Gasteiger partial charge < -0.3 is 5.11 Å². The third-order valence-corrected chi connectivity index (χ3v) is 2.61. The van der Waals surface area contributed by atoms with E-state index in [9.17, 15) is 5.11 Å². The van der Waals surface area contributed by atoms with Gasteiger partial charge in [0.2, 0.25) is 0 Å². The average Bonchev–Trinajstić information content (AvgIpc) is 1.83. The van der Waals surface area contributed by atoms with Crippen LogP contribution >= 0.6 is 0 Å². The van der Waals surface area contributed by atoms with Crippen molar-refractivity contribution in [3.05, 3.63) is 0 Å². The van der Waals surface area contributed by atoms with Crippen LogP contribution in [0.1, 0.15) is 32.6 Å². The van der Waals surface area contributed by atoms with Gasteiger partial charge in [-0.2, -0.15) is 0 Å². The van der Waals surface area contributed by atoms with Crippen LogP contribution < -0.4 is 0 Å². The summed E-state index contributed by atoms with van der Waals surface area (Å²) in [4.78, 5) is 0. The maximum absolute atomic E-state index is 9.49. The number of aliphatic hydroxyl groups excluding tert-OH is 1. The van der Waals surface area contributed by atoms with Crippen LogP contribution in [0.25, 0.3) is 0 Å². The molecule has 0 heterocycles. The van der Waals surface area contributed by atoms with Crippen LogP contribution in [-0.2, 0) is 32.7 Å². The van der Waals surface area contributed by atoms with Gasteiger partial charge in [-0.3, -0.25) is 0 Å². The molecule has 1 radical (unpaired) electrons. The maximum Gasteiger partial charge on any atom is 0.0702 e. The molecule has 1 saturated carbocycles. The van der Waals surface area contributed by atoms with Gasteiger partial charge >= 0.3 is 0 Å². The fourth-order valence-corrected chi connectivity index (χ4v) is 1.43. The van der Waals surface area contributed by atoms with Crippen LogP contribution in [0.4, 0.5) is 0 Å². The van der Waals surface area contributed by atoms with Gasteiger partial charge in [-0.1, -0.05) is 13.3 Å². The number of terminal acetylenes is 1. The number of rotatable bonds is 2. The van der Waals surface area contributed by atoms with Crippen molar-refractivity contribution in [1.29, 1.82) is 0 Å². The third kappa shape index (κ3) is 2.54. The Bertz CT molecular complexity index is 155. The third-order valence-electron chi connectivity index (χ3n) is 2.61. The SMILES string of the molecule is C#CCC(O)C1(C)CCC1.[Y]. The Morgan fingerprint density at radius 2 is 2.18 bits per heavy atom. The summed E-state index contributed by atoms with van der Waals surface area (Å²) in [5.74, 6) is 2.49. The second-order valence-electron chi connectivity index (χ2n) is 3.43. The Morgan fingerprint density at radius 1 is 1.64 bits per heavy atom. The predicted molar refractivity (Wildman–Crippen MR) is 41.4 cm³/mol. The zero-order chi connectivity index (χ0) is 7.61. The summed E-state index contributed by atoms with van der Waals surface area (Å²) in [7, 11) is 0. The molecule has 1 atom stereocenters. The van der Waals surface area contributed by atoms with Crippen molar-refractivity contribution in [3.63, 3.8) is 0 Å². The molecule has 0 saturated heterocycles. The predicted octanol–water partition coefficient (Wildman–Crippen LogP) is 1.56. The summed E-state index contributed by atoms with van der Waals surface area (Å²) in [6, 6.07) is 0. The molecule has 1 fully saturated rings. The van der Waals surface area contributed by atoms with Gasteiger partial charge in [-0.05, 0) is 18.3 Å². The molecule has 1 rings (SSSR count). The van der Waals surface area contributed by atoms with E-state index in [0.717, 1.165) is 12.8 Å². The number of hydrogen-bond acceptors (Lipinski definition) is 1. The van der Waals surface area contributed by atoms with Gasteiger partial charge in [0.1, 0.15) is 0 Å². The molecule has 0 aromatic heterocycles. The first-order valence-corrected chi connectivity index (χ1v) is 3.80. The fourth-order valence-electron chi connectivity index (χ4n) is 1.43. The molecule has 0 aliphatic heterocycles. The van der Waals surface area contributed by atoms with Crippen molar-refractivity contribution < 1.29 is 37.8 Å². The average molecular weight is 227 g/mol. The molecule has 0 amide bonds. The van der Waals surface area contributed by atoms with Gasteiger partial charge in [-0.25, -0.2) is 0 Å².